The molecule has 2 heterocycles. The summed E-state index contributed by atoms with van der Waals surface area (Å²) in [6.45, 7) is 0. The molecule has 0 saturated heterocycles. The Balaban J connectivity index is 1.46. The number of anilines is 2. The molecular formula is C22H18ClN5O4S2. The molecule has 4 amide bonds. The number of halogens is 1. The number of amidine groups is 1. The second-order valence-electron chi connectivity index (χ2n) is 7.12. The van der Waals surface area contributed by atoms with E-state index in [0.29, 0.717) is 42.4 Å². The fourth-order valence-electron chi connectivity index (χ4n) is 3.36. The zero-order valence-electron chi connectivity index (χ0n) is 17.7. The average molecular weight is 516 g/mol. The number of imide groups is 1. The third kappa shape index (κ3) is 4.86. The van der Waals surface area contributed by atoms with Crippen molar-refractivity contribution < 1.29 is 18.6 Å². The van der Waals surface area contributed by atoms with Crippen LogP contribution in [-0.2, 0) is 22.2 Å². The molecule has 0 fully saturated rings. The highest BCUT2D eigenvalue weighted by Crippen LogP contribution is 2.28. The quantitative estimate of drug-likeness (QED) is 0.272. The van der Waals surface area contributed by atoms with Crippen LogP contribution in [0.25, 0.3) is 0 Å². The monoisotopic (exact) mass is 515 g/mol. The molecule has 0 radical (unpaired) electrons. The number of fused-ring (bicyclic) bond motifs is 1. The molecule has 1 unspecified atom stereocenters. The molecule has 1 aliphatic rings. The Morgan fingerprint density at radius 1 is 1.15 bits per heavy atom. The second-order valence-corrected chi connectivity index (χ2v) is 10.3. The Labute approximate surface area is 206 Å². The van der Waals surface area contributed by atoms with E-state index in [9.17, 15) is 18.6 Å². The molecule has 0 spiro atoms. The van der Waals surface area contributed by atoms with E-state index in [1.54, 1.807) is 49.5 Å². The minimum Gasteiger partial charge on any atom is -0.384 e. The van der Waals surface area contributed by atoms with Gasteiger partial charge in [0.2, 0.25) is 5.91 Å². The van der Waals surface area contributed by atoms with Crippen molar-refractivity contribution in [2.75, 3.05) is 17.3 Å². The van der Waals surface area contributed by atoms with Gasteiger partial charge in [-0.2, -0.15) is 0 Å². The first kappa shape index (κ1) is 23.6. The van der Waals surface area contributed by atoms with Crippen LogP contribution in [0.2, 0.25) is 4.34 Å². The van der Waals surface area contributed by atoms with E-state index in [1.807, 2.05) is 0 Å². The van der Waals surface area contributed by atoms with Gasteiger partial charge in [-0.25, -0.2) is 13.9 Å². The Hall–Kier alpha value is -3.54. The third-order valence-corrected chi connectivity index (χ3v) is 7.57. The maximum absolute atomic E-state index is 13.0. The molecular weight excluding hydrogens is 498 g/mol. The van der Waals surface area contributed by atoms with Crippen LogP contribution < -0.4 is 20.7 Å². The number of nitrogens with two attached hydrogens (primary N) is 1. The van der Waals surface area contributed by atoms with Crippen LogP contribution in [0.15, 0.2) is 63.8 Å². The van der Waals surface area contributed by atoms with E-state index in [4.69, 9.17) is 17.3 Å². The molecule has 1 aliphatic heterocycles. The fraction of sp³-hybridized carbons (Fsp3) is 0.0909. The first-order valence-corrected chi connectivity index (χ1v) is 12.2. The lowest BCUT2D eigenvalue weighted by molar-refractivity contribution is -0.117. The normalized spacial score (nSPS) is 14.5. The van der Waals surface area contributed by atoms with Crippen molar-refractivity contribution in [1.29, 1.82) is 0 Å². The van der Waals surface area contributed by atoms with Crippen molar-refractivity contribution in [3.8, 4) is 0 Å². The summed E-state index contributed by atoms with van der Waals surface area (Å²) < 4.78 is 15.4. The number of nitrogens with zero attached hydrogens (tertiary/aromatic N) is 2. The number of hydrogen-bond acceptors (Lipinski definition) is 6. The van der Waals surface area contributed by atoms with E-state index in [1.165, 1.54) is 12.1 Å². The number of thiophene rings is 1. The number of urea groups is 1. The number of rotatable bonds is 5. The van der Waals surface area contributed by atoms with Crippen LogP contribution in [0.4, 0.5) is 16.2 Å². The lowest BCUT2D eigenvalue weighted by Crippen LogP contribution is -2.42. The number of hydrogen-bond donors (Lipinski definition) is 3. The van der Waals surface area contributed by atoms with Crippen molar-refractivity contribution >= 4 is 69.0 Å². The first-order chi connectivity index (χ1) is 16.3. The van der Waals surface area contributed by atoms with Gasteiger partial charge in [0.15, 0.2) is 11.0 Å². The maximum atomic E-state index is 13.0. The molecule has 4 N–H and O–H groups in total. The highest BCUT2D eigenvalue weighted by atomic mass is 35.5. The number of amides is 4. The highest BCUT2D eigenvalue weighted by Gasteiger charge is 2.32. The molecule has 0 bridgehead atoms. The molecule has 4 rings (SSSR count). The van der Waals surface area contributed by atoms with Crippen LogP contribution >= 0.6 is 22.9 Å². The Kier molecular flexibility index (Phi) is 6.77. The largest absolute Gasteiger partial charge is 0.384 e. The number of carbonyl (C=O) groups is 3. The summed E-state index contributed by atoms with van der Waals surface area (Å²) >= 11 is 6.92. The van der Waals surface area contributed by atoms with Gasteiger partial charge in [-0.3, -0.25) is 19.3 Å². The van der Waals surface area contributed by atoms with Gasteiger partial charge in [-0.05, 0) is 54.1 Å². The summed E-state index contributed by atoms with van der Waals surface area (Å²) in [7, 11) is -0.188. The van der Waals surface area contributed by atoms with Crippen LogP contribution in [0.5, 0.6) is 0 Å². The van der Waals surface area contributed by atoms with Crippen molar-refractivity contribution in [3.05, 3.63) is 75.6 Å². The van der Waals surface area contributed by atoms with Crippen LogP contribution in [0.3, 0.4) is 0 Å². The van der Waals surface area contributed by atoms with Crippen LogP contribution in [-0.4, -0.2) is 34.9 Å². The van der Waals surface area contributed by atoms with Gasteiger partial charge in [0, 0.05) is 23.9 Å². The summed E-state index contributed by atoms with van der Waals surface area (Å²) in [6, 6.07) is 13.7. The van der Waals surface area contributed by atoms with Crippen molar-refractivity contribution in [3.63, 3.8) is 0 Å². The zero-order chi connectivity index (χ0) is 24.4. The predicted molar refractivity (Wildman–Crippen MR) is 133 cm³/mol. The van der Waals surface area contributed by atoms with Gasteiger partial charge < -0.3 is 11.1 Å². The molecule has 1 aromatic heterocycles. The standard InChI is InChI=1S/C22H18ClN5O4S2/c1-25-20(24)12-2-7-16-13(10-12)11-18(29)28(21(16)30)15-5-3-14(4-6-15)26-22(31)27-34(32)19-9-8-17(23)33-19/h2-10H,11H2,1H3,(H2,24,25)(H2,26,27,31). The predicted octanol–water partition coefficient (Wildman–Crippen LogP) is 3.31. The highest BCUT2D eigenvalue weighted by molar-refractivity contribution is 7.86. The topological polar surface area (TPSA) is 134 Å². The minimum absolute atomic E-state index is 0.0346. The van der Waals surface area contributed by atoms with Crippen LogP contribution in [0, 0.1) is 0 Å². The summed E-state index contributed by atoms with van der Waals surface area (Å²) in [5.41, 5.74) is 8.23. The Morgan fingerprint density at radius 3 is 2.53 bits per heavy atom. The molecule has 2 aromatic carbocycles. The number of nitrogens with one attached hydrogen (secondary N) is 2. The molecule has 174 valence electrons. The van der Waals surface area contributed by atoms with Gasteiger partial charge in [-0.15, -0.1) is 11.3 Å². The molecule has 12 heteroatoms. The summed E-state index contributed by atoms with van der Waals surface area (Å²) in [4.78, 5) is 43.0. The van der Waals surface area contributed by atoms with Crippen molar-refractivity contribution in [1.82, 2.24) is 4.72 Å². The smallest absolute Gasteiger partial charge is 0.331 e. The Bertz CT molecular complexity index is 1350. The molecule has 0 saturated carbocycles. The first-order valence-electron chi connectivity index (χ1n) is 9.84. The van der Waals surface area contributed by atoms with Crippen molar-refractivity contribution in [2.45, 2.75) is 10.6 Å². The molecule has 1 atom stereocenters. The van der Waals surface area contributed by atoms with E-state index >= 15 is 0 Å². The maximum Gasteiger partial charge on any atom is 0.331 e. The number of carbonyl (C=O) groups excluding carboxylic acids is 3. The number of benzene rings is 2. The summed E-state index contributed by atoms with van der Waals surface area (Å²) in [5.74, 6) is -0.515. The molecule has 9 nitrogen and oxygen atoms in total. The summed E-state index contributed by atoms with van der Waals surface area (Å²) in [5, 5.41) is 2.56. The van der Waals surface area contributed by atoms with E-state index < -0.39 is 22.9 Å². The minimum atomic E-state index is -1.75. The van der Waals surface area contributed by atoms with Gasteiger partial charge >= 0.3 is 6.03 Å². The van der Waals surface area contributed by atoms with E-state index in [-0.39, 0.29) is 12.3 Å². The lowest BCUT2D eigenvalue weighted by atomic mass is 9.95. The van der Waals surface area contributed by atoms with Gasteiger partial charge in [0.1, 0.15) is 10.0 Å². The van der Waals surface area contributed by atoms with Gasteiger partial charge in [0.05, 0.1) is 16.4 Å². The van der Waals surface area contributed by atoms with E-state index in [0.717, 1.165) is 16.2 Å². The Morgan fingerprint density at radius 2 is 1.88 bits per heavy atom. The molecule has 3 aromatic rings. The molecule has 34 heavy (non-hydrogen) atoms. The second kappa shape index (κ2) is 9.75. The van der Waals surface area contributed by atoms with E-state index in [2.05, 4.69) is 15.0 Å². The molecule has 0 aliphatic carbocycles. The lowest BCUT2D eigenvalue weighted by Gasteiger charge is -2.27. The average Bonchev–Trinajstić information content (AvgIpc) is 3.25. The van der Waals surface area contributed by atoms with Gasteiger partial charge in [-0.1, -0.05) is 17.7 Å². The SMILES string of the molecule is CN=C(N)c1ccc2c(c1)CC(=O)N(c1ccc(NC(=O)NS(=O)c3ccc(Cl)s3)cc1)C2=O. The third-order valence-electron chi connectivity index (χ3n) is 4.97. The fourth-order valence-corrected chi connectivity index (χ4v) is 5.48. The summed E-state index contributed by atoms with van der Waals surface area (Å²) in [6.07, 6.45) is 0.0346. The van der Waals surface area contributed by atoms with Gasteiger partial charge in [0.25, 0.3) is 5.91 Å². The zero-order valence-corrected chi connectivity index (χ0v) is 20.1. The van der Waals surface area contributed by atoms with Crippen LogP contribution in [0.1, 0.15) is 21.5 Å². The van der Waals surface area contributed by atoms with Crippen molar-refractivity contribution in [2.24, 2.45) is 10.7 Å². The number of aliphatic imine (C=N–C) groups is 1.